The fourth-order valence-electron chi connectivity index (χ4n) is 1.13. The number of methoxy groups -OCH3 is 3. The summed E-state index contributed by atoms with van der Waals surface area (Å²) in [7, 11) is 5.75. The standard InChI is InChI=1S/C8H18O6Si/c1-9-7(10-2)8(11-3)15(12-4,13-5)14-6/h1-6H3. The van der Waals surface area contributed by atoms with Crippen LogP contribution < -0.4 is 0 Å². The van der Waals surface area contributed by atoms with Gasteiger partial charge in [0, 0.05) is 21.3 Å². The van der Waals surface area contributed by atoms with Gasteiger partial charge < -0.3 is 27.5 Å². The minimum Gasteiger partial charge on any atom is -0.492 e. The summed E-state index contributed by atoms with van der Waals surface area (Å²) in [5, 5.41) is 0.292. The van der Waals surface area contributed by atoms with Crippen LogP contribution in [0.1, 0.15) is 0 Å². The first kappa shape index (κ1) is 14.2. The van der Waals surface area contributed by atoms with Crippen LogP contribution in [0.5, 0.6) is 0 Å². The van der Waals surface area contributed by atoms with Crippen molar-refractivity contribution in [3.05, 3.63) is 11.3 Å². The van der Waals surface area contributed by atoms with Gasteiger partial charge >= 0.3 is 14.7 Å². The van der Waals surface area contributed by atoms with Gasteiger partial charge in [0.05, 0.1) is 21.3 Å². The summed E-state index contributed by atoms with van der Waals surface area (Å²) in [4.78, 5) is 0. The molecule has 0 aliphatic heterocycles. The molecule has 0 amide bonds. The SMILES string of the molecule is COC(OC)=C(OC)[Si](OC)(OC)OC. The maximum atomic E-state index is 5.23. The highest BCUT2D eigenvalue weighted by Gasteiger charge is 2.49. The van der Waals surface area contributed by atoms with Crippen molar-refractivity contribution in [3.63, 3.8) is 0 Å². The molecule has 0 aromatic rings. The van der Waals surface area contributed by atoms with Crippen molar-refractivity contribution < 1.29 is 27.5 Å². The van der Waals surface area contributed by atoms with Gasteiger partial charge in [0.1, 0.15) is 0 Å². The van der Waals surface area contributed by atoms with Gasteiger partial charge in [0.15, 0.2) is 0 Å². The van der Waals surface area contributed by atoms with E-state index in [-0.39, 0.29) is 5.95 Å². The number of rotatable bonds is 7. The topological polar surface area (TPSA) is 55.4 Å². The first-order valence-corrected chi connectivity index (χ1v) is 5.90. The zero-order chi connectivity index (χ0) is 11.9. The second-order valence-electron chi connectivity index (χ2n) is 2.40. The maximum absolute atomic E-state index is 5.23. The summed E-state index contributed by atoms with van der Waals surface area (Å²) >= 11 is 0. The highest BCUT2D eigenvalue weighted by Crippen LogP contribution is 2.22. The highest BCUT2D eigenvalue weighted by molar-refractivity contribution is 6.68. The van der Waals surface area contributed by atoms with Crippen LogP contribution in [0.4, 0.5) is 0 Å². The molecule has 0 spiro atoms. The molecule has 90 valence electrons. The van der Waals surface area contributed by atoms with Crippen molar-refractivity contribution in [2.45, 2.75) is 0 Å². The van der Waals surface area contributed by atoms with Crippen molar-refractivity contribution in [3.8, 4) is 0 Å². The molecular formula is C8H18O6Si. The predicted molar refractivity (Wildman–Crippen MR) is 54.8 cm³/mol. The lowest BCUT2D eigenvalue weighted by atomic mass is 10.9. The molecule has 0 saturated heterocycles. The van der Waals surface area contributed by atoms with Crippen LogP contribution in [0.15, 0.2) is 11.3 Å². The van der Waals surface area contributed by atoms with E-state index in [2.05, 4.69) is 0 Å². The Morgan fingerprint density at radius 3 is 1.27 bits per heavy atom. The summed E-state index contributed by atoms with van der Waals surface area (Å²) in [5.74, 6) is 0.176. The lowest BCUT2D eigenvalue weighted by molar-refractivity contribution is 0.0520. The molecule has 0 fully saturated rings. The molecule has 0 aliphatic carbocycles. The summed E-state index contributed by atoms with van der Waals surface area (Å²) < 4.78 is 30.8. The summed E-state index contributed by atoms with van der Waals surface area (Å²) in [6.45, 7) is 0. The van der Waals surface area contributed by atoms with Crippen molar-refractivity contribution in [1.29, 1.82) is 0 Å². The fraction of sp³-hybridized carbons (Fsp3) is 0.750. The Morgan fingerprint density at radius 1 is 0.667 bits per heavy atom. The Labute approximate surface area is 91.0 Å². The normalized spacial score (nSPS) is 10.8. The first-order valence-electron chi connectivity index (χ1n) is 4.17. The van der Waals surface area contributed by atoms with Crippen LogP contribution in [0.3, 0.4) is 0 Å². The Morgan fingerprint density at radius 2 is 1.07 bits per heavy atom. The molecule has 0 N–H and O–H groups in total. The summed E-state index contributed by atoms with van der Waals surface area (Å²) in [6, 6.07) is 0. The molecule has 15 heavy (non-hydrogen) atoms. The molecular weight excluding hydrogens is 220 g/mol. The van der Waals surface area contributed by atoms with E-state index in [4.69, 9.17) is 27.5 Å². The molecule has 0 saturated carbocycles. The van der Waals surface area contributed by atoms with Crippen LogP contribution in [0.2, 0.25) is 0 Å². The van der Waals surface area contributed by atoms with Crippen LogP contribution in [-0.2, 0) is 27.5 Å². The second kappa shape index (κ2) is 6.67. The van der Waals surface area contributed by atoms with Crippen LogP contribution in [0, 0.1) is 0 Å². The Kier molecular flexibility index (Phi) is 6.33. The number of hydrogen-bond acceptors (Lipinski definition) is 6. The van der Waals surface area contributed by atoms with E-state index < -0.39 is 8.80 Å². The Hall–Kier alpha value is -0.763. The monoisotopic (exact) mass is 238 g/mol. The van der Waals surface area contributed by atoms with E-state index in [1.54, 1.807) is 0 Å². The lowest BCUT2D eigenvalue weighted by Crippen LogP contribution is -2.47. The van der Waals surface area contributed by atoms with Gasteiger partial charge in [0.2, 0.25) is 5.38 Å². The average molecular weight is 238 g/mol. The third kappa shape index (κ3) is 2.85. The average Bonchev–Trinajstić information content (AvgIpc) is 2.30. The molecule has 0 aromatic carbocycles. The van der Waals surface area contributed by atoms with Crippen LogP contribution in [0.25, 0.3) is 0 Å². The van der Waals surface area contributed by atoms with Gasteiger partial charge in [-0.15, -0.1) is 0 Å². The zero-order valence-corrected chi connectivity index (χ0v) is 10.9. The molecule has 0 bridgehead atoms. The number of hydrogen-bond donors (Lipinski definition) is 0. The largest absolute Gasteiger partial charge is 0.580 e. The van der Waals surface area contributed by atoms with E-state index in [0.29, 0.717) is 5.38 Å². The third-order valence-corrected chi connectivity index (χ3v) is 4.42. The van der Waals surface area contributed by atoms with Crippen molar-refractivity contribution in [2.24, 2.45) is 0 Å². The maximum Gasteiger partial charge on any atom is 0.580 e. The van der Waals surface area contributed by atoms with E-state index in [1.165, 1.54) is 42.7 Å². The lowest BCUT2D eigenvalue weighted by Gasteiger charge is -2.26. The van der Waals surface area contributed by atoms with Gasteiger partial charge in [-0.25, -0.2) is 0 Å². The van der Waals surface area contributed by atoms with Gasteiger partial charge in [-0.05, 0) is 0 Å². The Balaban J connectivity index is 5.30. The van der Waals surface area contributed by atoms with Crippen molar-refractivity contribution in [1.82, 2.24) is 0 Å². The van der Waals surface area contributed by atoms with E-state index in [1.807, 2.05) is 0 Å². The van der Waals surface area contributed by atoms with Gasteiger partial charge in [0.25, 0.3) is 0 Å². The molecule has 7 heteroatoms. The quantitative estimate of drug-likeness (QED) is 0.476. The molecule has 0 unspecified atom stereocenters. The molecule has 6 nitrogen and oxygen atoms in total. The van der Waals surface area contributed by atoms with Crippen molar-refractivity contribution in [2.75, 3.05) is 42.7 Å². The van der Waals surface area contributed by atoms with E-state index in [0.717, 1.165) is 0 Å². The van der Waals surface area contributed by atoms with Gasteiger partial charge in [-0.3, -0.25) is 0 Å². The predicted octanol–water partition coefficient (Wildman–Crippen LogP) is 0.512. The van der Waals surface area contributed by atoms with Crippen LogP contribution >= 0.6 is 0 Å². The third-order valence-electron chi connectivity index (χ3n) is 1.84. The Bertz CT molecular complexity index is 199. The zero-order valence-electron chi connectivity index (χ0n) is 9.95. The van der Waals surface area contributed by atoms with E-state index >= 15 is 0 Å². The summed E-state index contributed by atoms with van der Waals surface area (Å²) in [6.07, 6.45) is 0. The molecule has 0 radical (unpaired) electrons. The van der Waals surface area contributed by atoms with E-state index in [9.17, 15) is 0 Å². The summed E-state index contributed by atoms with van der Waals surface area (Å²) in [5.41, 5.74) is 0. The fourth-order valence-corrected chi connectivity index (χ4v) is 2.89. The molecule has 0 heterocycles. The van der Waals surface area contributed by atoms with Crippen LogP contribution in [-0.4, -0.2) is 51.5 Å². The van der Waals surface area contributed by atoms with Gasteiger partial charge in [-0.1, -0.05) is 0 Å². The molecule has 0 atom stereocenters. The highest BCUT2D eigenvalue weighted by atomic mass is 28.4. The minimum atomic E-state index is -3.04. The molecule has 0 rings (SSSR count). The smallest absolute Gasteiger partial charge is 0.492 e. The minimum absolute atomic E-state index is 0.176. The first-order chi connectivity index (χ1) is 7.15. The number of ether oxygens (including phenoxy) is 3. The van der Waals surface area contributed by atoms with Gasteiger partial charge in [-0.2, -0.15) is 0 Å². The van der Waals surface area contributed by atoms with Crippen molar-refractivity contribution >= 4 is 8.80 Å². The second-order valence-corrected chi connectivity index (χ2v) is 5.19. The molecule has 0 aliphatic rings. The molecule has 0 aromatic heterocycles.